The average Bonchev–Trinajstić information content (AvgIpc) is 3.45. The second-order valence-electron chi connectivity index (χ2n) is 7.97. The third-order valence-electron chi connectivity index (χ3n) is 5.77. The van der Waals surface area contributed by atoms with Gasteiger partial charge in [-0.15, -0.1) is 0 Å². The number of carbonyl (C=O) groups is 3. The van der Waals surface area contributed by atoms with E-state index in [2.05, 4.69) is 5.32 Å². The molecule has 2 aliphatic rings. The normalized spacial score (nSPS) is 16.2. The second kappa shape index (κ2) is 9.11. The van der Waals surface area contributed by atoms with Crippen molar-refractivity contribution in [1.82, 2.24) is 10.2 Å². The van der Waals surface area contributed by atoms with Crippen LogP contribution < -0.4 is 10.2 Å². The van der Waals surface area contributed by atoms with Gasteiger partial charge in [0.1, 0.15) is 0 Å². The highest BCUT2D eigenvalue weighted by molar-refractivity contribution is 5.95. The first-order chi connectivity index (χ1) is 14.6. The van der Waals surface area contributed by atoms with Crippen LogP contribution in [0.3, 0.4) is 0 Å². The van der Waals surface area contributed by atoms with Gasteiger partial charge in [-0.05, 0) is 54.7 Å². The van der Waals surface area contributed by atoms with E-state index in [0.717, 1.165) is 55.7 Å². The summed E-state index contributed by atoms with van der Waals surface area (Å²) in [6.45, 7) is 2.87. The minimum absolute atomic E-state index is 0.0581. The predicted molar refractivity (Wildman–Crippen MR) is 115 cm³/mol. The summed E-state index contributed by atoms with van der Waals surface area (Å²) in [6.07, 6.45) is 3.96. The Bertz CT molecular complexity index is 916. The fourth-order valence-electron chi connectivity index (χ4n) is 4.03. The first-order valence-electron chi connectivity index (χ1n) is 10.6. The summed E-state index contributed by atoms with van der Waals surface area (Å²) in [7, 11) is 0. The van der Waals surface area contributed by atoms with Gasteiger partial charge in [-0.1, -0.05) is 24.3 Å². The van der Waals surface area contributed by atoms with Gasteiger partial charge in [-0.2, -0.15) is 0 Å². The Hall–Kier alpha value is -3.15. The summed E-state index contributed by atoms with van der Waals surface area (Å²) in [4.78, 5) is 40.2. The van der Waals surface area contributed by atoms with Gasteiger partial charge < -0.3 is 15.1 Å². The van der Waals surface area contributed by atoms with Crippen LogP contribution in [0.15, 0.2) is 48.5 Å². The predicted octanol–water partition coefficient (Wildman–Crippen LogP) is 2.91. The lowest BCUT2D eigenvalue weighted by molar-refractivity contribution is -0.120. The molecule has 0 bridgehead atoms. The number of nitrogens with one attached hydrogen (secondary N) is 1. The molecule has 2 aliphatic heterocycles. The molecule has 0 aliphatic carbocycles. The van der Waals surface area contributed by atoms with Gasteiger partial charge in [0.2, 0.25) is 11.8 Å². The third kappa shape index (κ3) is 4.70. The number of nitrogens with zero attached hydrogens (tertiary/aromatic N) is 2. The van der Waals surface area contributed by atoms with Crippen LogP contribution in [0.1, 0.15) is 47.2 Å². The van der Waals surface area contributed by atoms with E-state index in [9.17, 15) is 14.4 Å². The Kier molecular flexibility index (Phi) is 6.12. The number of hydrogen-bond donors (Lipinski definition) is 1. The van der Waals surface area contributed by atoms with Crippen LogP contribution >= 0.6 is 0 Å². The standard InChI is InChI=1S/C24H27N3O3/c28-22(16-18-7-11-21(12-8-18)27-15-3-4-23(27)29)25-17-19-5-9-20(10-6-19)24(30)26-13-1-2-14-26/h5-12H,1-4,13-17H2,(H,25,28). The first kappa shape index (κ1) is 20.1. The van der Waals surface area contributed by atoms with Gasteiger partial charge >= 0.3 is 0 Å². The maximum absolute atomic E-state index is 12.4. The lowest BCUT2D eigenvalue weighted by atomic mass is 10.1. The quantitative estimate of drug-likeness (QED) is 0.803. The molecule has 2 fully saturated rings. The average molecular weight is 405 g/mol. The van der Waals surface area contributed by atoms with Crippen molar-refractivity contribution in [3.05, 3.63) is 65.2 Å². The largest absolute Gasteiger partial charge is 0.352 e. The van der Waals surface area contributed by atoms with E-state index in [1.807, 2.05) is 53.4 Å². The molecule has 3 amide bonds. The molecule has 0 saturated carbocycles. The van der Waals surface area contributed by atoms with Crippen molar-refractivity contribution >= 4 is 23.4 Å². The molecule has 0 spiro atoms. The Balaban J connectivity index is 1.26. The molecular weight excluding hydrogens is 378 g/mol. The molecule has 6 nitrogen and oxygen atoms in total. The van der Waals surface area contributed by atoms with E-state index in [-0.39, 0.29) is 17.7 Å². The summed E-state index contributed by atoms with van der Waals surface area (Å²) in [5.41, 5.74) is 3.47. The first-order valence-corrected chi connectivity index (χ1v) is 10.6. The molecule has 0 atom stereocenters. The lowest BCUT2D eigenvalue weighted by Gasteiger charge is -2.16. The van der Waals surface area contributed by atoms with Gasteiger partial charge in [-0.25, -0.2) is 0 Å². The summed E-state index contributed by atoms with van der Waals surface area (Å²) in [6, 6.07) is 15.1. The SMILES string of the molecule is O=C(Cc1ccc(N2CCCC2=O)cc1)NCc1ccc(C(=O)N2CCCC2)cc1. The second-order valence-corrected chi connectivity index (χ2v) is 7.97. The van der Waals surface area contributed by atoms with Crippen molar-refractivity contribution in [1.29, 1.82) is 0 Å². The Morgan fingerprint density at radius 2 is 1.50 bits per heavy atom. The Labute approximate surface area is 176 Å². The van der Waals surface area contributed by atoms with Crippen LogP contribution in [-0.4, -0.2) is 42.3 Å². The summed E-state index contributed by atoms with van der Waals surface area (Å²) >= 11 is 0. The number of benzene rings is 2. The van der Waals surface area contributed by atoms with Crippen LogP contribution in [0.5, 0.6) is 0 Å². The van der Waals surface area contributed by atoms with E-state index >= 15 is 0 Å². The van der Waals surface area contributed by atoms with Gasteiger partial charge in [0.25, 0.3) is 5.91 Å². The smallest absolute Gasteiger partial charge is 0.253 e. The molecule has 0 radical (unpaired) electrons. The van der Waals surface area contributed by atoms with Gasteiger partial charge in [0.05, 0.1) is 6.42 Å². The fourth-order valence-corrected chi connectivity index (χ4v) is 4.03. The summed E-state index contributed by atoms with van der Waals surface area (Å²) in [5, 5.41) is 2.93. The number of hydrogen-bond acceptors (Lipinski definition) is 3. The summed E-state index contributed by atoms with van der Waals surface area (Å²) < 4.78 is 0. The zero-order chi connectivity index (χ0) is 20.9. The molecule has 2 aromatic rings. The molecule has 1 N–H and O–H groups in total. The van der Waals surface area contributed by atoms with E-state index in [1.165, 1.54) is 0 Å². The number of amides is 3. The van der Waals surface area contributed by atoms with Crippen LogP contribution in [0.4, 0.5) is 5.69 Å². The summed E-state index contributed by atoms with van der Waals surface area (Å²) in [5.74, 6) is 0.188. The van der Waals surface area contributed by atoms with Crippen molar-refractivity contribution in [3.63, 3.8) is 0 Å². The van der Waals surface area contributed by atoms with Gasteiger partial charge in [0.15, 0.2) is 0 Å². The van der Waals surface area contributed by atoms with Crippen molar-refractivity contribution in [2.45, 2.75) is 38.6 Å². The van der Waals surface area contributed by atoms with E-state index in [0.29, 0.717) is 24.9 Å². The number of likely N-dealkylation sites (tertiary alicyclic amines) is 1. The van der Waals surface area contributed by atoms with Crippen LogP contribution in [-0.2, 0) is 22.6 Å². The number of carbonyl (C=O) groups excluding carboxylic acids is 3. The minimum atomic E-state index is -0.0581. The monoisotopic (exact) mass is 405 g/mol. The molecule has 30 heavy (non-hydrogen) atoms. The van der Waals surface area contributed by atoms with Gasteiger partial charge in [-0.3, -0.25) is 14.4 Å². The molecule has 0 aromatic heterocycles. The molecule has 2 saturated heterocycles. The van der Waals surface area contributed by atoms with Crippen molar-refractivity contribution in [2.24, 2.45) is 0 Å². The molecule has 0 unspecified atom stereocenters. The Morgan fingerprint density at radius 1 is 0.833 bits per heavy atom. The fraction of sp³-hybridized carbons (Fsp3) is 0.375. The van der Waals surface area contributed by atoms with Gasteiger partial charge in [0, 0.05) is 43.9 Å². The topological polar surface area (TPSA) is 69.7 Å². The highest BCUT2D eigenvalue weighted by Crippen LogP contribution is 2.21. The Morgan fingerprint density at radius 3 is 2.13 bits per heavy atom. The van der Waals surface area contributed by atoms with Crippen LogP contribution in [0.2, 0.25) is 0 Å². The zero-order valence-corrected chi connectivity index (χ0v) is 17.1. The molecule has 2 heterocycles. The molecule has 4 rings (SSSR count). The molecule has 156 valence electrons. The number of anilines is 1. The van der Waals surface area contributed by atoms with E-state index in [1.54, 1.807) is 4.90 Å². The van der Waals surface area contributed by atoms with Crippen molar-refractivity contribution in [3.8, 4) is 0 Å². The maximum Gasteiger partial charge on any atom is 0.253 e. The van der Waals surface area contributed by atoms with E-state index < -0.39 is 0 Å². The maximum atomic E-state index is 12.4. The number of rotatable bonds is 6. The van der Waals surface area contributed by atoms with Crippen LogP contribution in [0, 0.1) is 0 Å². The van der Waals surface area contributed by atoms with Crippen molar-refractivity contribution < 1.29 is 14.4 Å². The molecule has 6 heteroatoms. The zero-order valence-electron chi connectivity index (χ0n) is 17.1. The van der Waals surface area contributed by atoms with E-state index in [4.69, 9.17) is 0 Å². The third-order valence-corrected chi connectivity index (χ3v) is 5.77. The molecule has 2 aromatic carbocycles. The highest BCUT2D eigenvalue weighted by atomic mass is 16.2. The minimum Gasteiger partial charge on any atom is -0.352 e. The lowest BCUT2D eigenvalue weighted by Crippen LogP contribution is -2.27. The van der Waals surface area contributed by atoms with Crippen LogP contribution in [0.25, 0.3) is 0 Å². The highest BCUT2D eigenvalue weighted by Gasteiger charge is 2.21. The van der Waals surface area contributed by atoms with Crippen molar-refractivity contribution in [2.75, 3.05) is 24.5 Å². The molecular formula is C24H27N3O3.